The molecule has 0 amide bonds. The largest absolute Gasteiger partial charge is 0.455 e. The van der Waals surface area contributed by atoms with Crippen LogP contribution < -0.4 is 0 Å². The van der Waals surface area contributed by atoms with E-state index in [1.807, 2.05) is 0 Å². The molecule has 152 valence electrons. The van der Waals surface area contributed by atoms with Crippen molar-refractivity contribution >= 4 is 17.9 Å². The van der Waals surface area contributed by atoms with Gasteiger partial charge in [0.2, 0.25) is 0 Å². The van der Waals surface area contributed by atoms with Crippen LogP contribution >= 0.6 is 0 Å². The second-order valence-electron chi connectivity index (χ2n) is 5.91. The molecule has 1 aromatic carbocycles. The summed E-state index contributed by atoms with van der Waals surface area (Å²) >= 11 is 0. The molecule has 0 aliphatic carbocycles. The molecule has 7 heteroatoms. The van der Waals surface area contributed by atoms with Crippen molar-refractivity contribution < 1.29 is 33.3 Å². The molecule has 0 aromatic heterocycles. The van der Waals surface area contributed by atoms with E-state index in [-0.39, 0.29) is 6.61 Å². The topological polar surface area (TPSA) is 88.1 Å². The van der Waals surface area contributed by atoms with E-state index in [0.29, 0.717) is 5.56 Å². The van der Waals surface area contributed by atoms with Crippen LogP contribution in [0.15, 0.2) is 55.6 Å². The number of rotatable bonds is 11. The van der Waals surface area contributed by atoms with Crippen LogP contribution in [0.25, 0.3) is 0 Å². The average molecular weight is 390 g/mol. The van der Waals surface area contributed by atoms with E-state index in [0.717, 1.165) is 0 Å². The fraction of sp³-hybridized carbons (Fsp3) is 0.381. The van der Waals surface area contributed by atoms with Gasteiger partial charge in [-0.15, -0.1) is 6.58 Å². The van der Waals surface area contributed by atoms with Crippen molar-refractivity contribution in [3.63, 3.8) is 0 Å². The van der Waals surface area contributed by atoms with E-state index in [9.17, 15) is 14.4 Å². The first-order valence-corrected chi connectivity index (χ1v) is 8.71. The number of carbonyl (C=O) groups is 3. The Morgan fingerprint density at radius 3 is 1.93 bits per heavy atom. The zero-order chi connectivity index (χ0) is 21.1. The van der Waals surface area contributed by atoms with Crippen molar-refractivity contribution in [1.29, 1.82) is 0 Å². The zero-order valence-corrected chi connectivity index (χ0v) is 16.3. The van der Waals surface area contributed by atoms with Gasteiger partial charge in [0.15, 0.2) is 12.2 Å². The van der Waals surface area contributed by atoms with E-state index >= 15 is 0 Å². The molecule has 7 nitrogen and oxygen atoms in total. The maximum Gasteiger partial charge on any atom is 0.303 e. The Labute approximate surface area is 164 Å². The summed E-state index contributed by atoms with van der Waals surface area (Å²) in [5.74, 6) is -1.76. The van der Waals surface area contributed by atoms with Crippen LogP contribution in [0.4, 0.5) is 0 Å². The number of esters is 3. The molecule has 0 radical (unpaired) electrons. The molecular weight excluding hydrogens is 364 g/mol. The zero-order valence-electron chi connectivity index (χ0n) is 16.3. The van der Waals surface area contributed by atoms with Crippen molar-refractivity contribution in [2.75, 3.05) is 6.61 Å². The summed E-state index contributed by atoms with van der Waals surface area (Å²) < 4.78 is 22.0. The maximum absolute atomic E-state index is 11.8. The summed E-state index contributed by atoms with van der Waals surface area (Å²) in [5, 5.41) is 0. The molecule has 0 bridgehead atoms. The third-order valence-electron chi connectivity index (χ3n) is 3.61. The molecular formula is C21H26O7. The number of hydrogen-bond donors (Lipinski definition) is 0. The summed E-state index contributed by atoms with van der Waals surface area (Å²) in [6.07, 6.45) is -1.19. The molecule has 0 aliphatic rings. The van der Waals surface area contributed by atoms with Crippen molar-refractivity contribution in [3.05, 3.63) is 61.2 Å². The molecule has 0 fully saturated rings. The van der Waals surface area contributed by atoms with Crippen LogP contribution in [0.2, 0.25) is 0 Å². The second kappa shape index (κ2) is 11.7. The van der Waals surface area contributed by atoms with Gasteiger partial charge in [-0.2, -0.15) is 0 Å². The van der Waals surface area contributed by atoms with Gasteiger partial charge in [0.05, 0.1) is 6.61 Å². The number of carbonyl (C=O) groups excluding carboxylic acids is 3. The minimum atomic E-state index is -1.11. The average Bonchev–Trinajstić information content (AvgIpc) is 2.64. The van der Waals surface area contributed by atoms with Gasteiger partial charge in [0.25, 0.3) is 0 Å². The molecule has 0 heterocycles. The molecule has 0 N–H and O–H groups in total. The van der Waals surface area contributed by atoms with Crippen LogP contribution in [0.1, 0.15) is 32.4 Å². The lowest BCUT2D eigenvalue weighted by Crippen LogP contribution is -2.47. The third-order valence-corrected chi connectivity index (χ3v) is 3.61. The van der Waals surface area contributed by atoms with Crippen LogP contribution in [0.3, 0.4) is 0 Å². The van der Waals surface area contributed by atoms with Gasteiger partial charge in [0.1, 0.15) is 12.2 Å². The number of hydrogen-bond acceptors (Lipinski definition) is 7. The fourth-order valence-electron chi connectivity index (χ4n) is 2.64. The van der Waals surface area contributed by atoms with Crippen LogP contribution in [-0.4, -0.2) is 42.8 Å². The second-order valence-corrected chi connectivity index (χ2v) is 5.91. The van der Waals surface area contributed by atoms with Crippen molar-refractivity contribution in [3.8, 4) is 0 Å². The first-order chi connectivity index (χ1) is 13.3. The molecule has 4 atom stereocenters. The van der Waals surface area contributed by atoms with E-state index < -0.39 is 42.3 Å². The molecule has 0 saturated heterocycles. The van der Waals surface area contributed by atoms with Crippen LogP contribution in [0.5, 0.6) is 0 Å². The maximum atomic E-state index is 11.8. The normalized spacial score (nSPS) is 14.7. The van der Waals surface area contributed by atoms with E-state index in [2.05, 4.69) is 13.2 Å². The van der Waals surface area contributed by atoms with Crippen molar-refractivity contribution in [1.82, 2.24) is 0 Å². The van der Waals surface area contributed by atoms with Gasteiger partial charge in [-0.3, -0.25) is 14.4 Å². The van der Waals surface area contributed by atoms with Crippen molar-refractivity contribution in [2.45, 2.75) is 45.2 Å². The first kappa shape index (κ1) is 23.1. The minimum Gasteiger partial charge on any atom is -0.455 e. The minimum absolute atomic E-state index is 0.0790. The summed E-state index contributed by atoms with van der Waals surface area (Å²) in [6.45, 7) is 11.1. The molecule has 1 aromatic rings. The Balaban J connectivity index is 3.44. The Kier molecular flexibility index (Phi) is 9.67. The van der Waals surface area contributed by atoms with Crippen molar-refractivity contribution in [2.24, 2.45) is 0 Å². The highest BCUT2D eigenvalue weighted by Crippen LogP contribution is 2.30. The summed E-state index contributed by atoms with van der Waals surface area (Å²) in [7, 11) is 0. The van der Waals surface area contributed by atoms with Gasteiger partial charge >= 0.3 is 17.9 Å². The fourth-order valence-corrected chi connectivity index (χ4v) is 2.64. The number of ether oxygens (including phenoxy) is 4. The standard InChI is InChI=1S/C21H26O7/c1-6-13-25-20(18(7-2)26-14(3)22)21(28-16(5)24)19(27-15(4)23)17-11-9-8-10-12-17/h6-12,18-21H,1-2,13H2,3-5H3/t18-,19-,20+,21-/m1/s1. The molecule has 0 aliphatic heterocycles. The summed E-state index contributed by atoms with van der Waals surface area (Å²) in [6, 6.07) is 8.76. The predicted molar refractivity (Wildman–Crippen MR) is 102 cm³/mol. The molecule has 0 spiro atoms. The third kappa shape index (κ3) is 7.36. The van der Waals surface area contributed by atoms with E-state index in [1.54, 1.807) is 30.3 Å². The van der Waals surface area contributed by atoms with Gasteiger partial charge in [0, 0.05) is 20.8 Å². The Morgan fingerprint density at radius 2 is 1.46 bits per heavy atom. The molecule has 0 saturated carbocycles. The highest BCUT2D eigenvalue weighted by atomic mass is 16.6. The van der Waals surface area contributed by atoms with E-state index in [4.69, 9.17) is 18.9 Å². The number of benzene rings is 1. The van der Waals surface area contributed by atoms with Gasteiger partial charge < -0.3 is 18.9 Å². The predicted octanol–water partition coefficient (Wildman–Crippen LogP) is 2.91. The Hall–Kier alpha value is -2.93. The Morgan fingerprint density at radius 1 is 0.893 bits per heavy atom. The van der Waals surface area contributed by atoms with Gasteiger partial charge in [-0.25, -0.2) is 0 Å². The highest BCUT2D eigenvalue weighted by molar-refractivity contribution is 5.68. The van der Waals surface area contributed by atoms with Crippen LogP contribution in [0, 0.1) is 0 Å². The molecule has 1 rings (SSSR count). The molecule has 28 heavy (non-hydrogen) atoms. The lowest BCUT2D eigenvalue weighted by atomic mass is 9.96. The Bertz CT molecular complexity index is 683. The quantitative estimate of drug-likeness (QED) is 0.326. The lowest BCUT2D eigenvalue weighted by molar-refractivity contribution is -0.190. The highest BCUT2D eigenvalue weighted by Gasteiger charge is 2.41. The lowest BCUT2D eigenvalue weighted by Gasteiger charge is -2.35. The van der Waals surface area contributed by atoms with Gasteiger partial charge in [-0.05, 0) is 11.6 Å². The SMILES string of the molecule is C=CCO[C@H]([C@H](OC(C)=O)[C@H](OC(C)=O)c1ccccc1)[C@@H](C=C)OC(C)=O. The van der Waals surface area contributed by atoms with Gasteiger partial charge in [-0.1, -0.05) is 43.0 Å². The summed E-state index contributed by atoms with van der Waals surface area (Å²) in [5.41, 5.74) is 0.585. The first-order valence-electron chi connectivity index (χ1n) is 8.71. The molecule has 0 unspecified atom stereocenters. The van der Waals surface area contributed by atoms with Crippen LogP contribution in [-0.2, 0) is 33.3 Å². The van der Waals surface area contributed by atoms with E-state index in [1.165, 1.54) is 32.9 Å². The summed E-state index contributed by atoms with van der Waals surface area (Å²) in [4.78, 5) is 35.1. The smallest absolute Gasteiger partial charge is 0.303 e. The monoisotopic (exact) mass is 390 g/mol.